The van der Waals surface area contributed by atoms with E-state index in [2.05, 4.69) is 5.32 Å². The number of rotatable bonds is 10. The Hall–Kier alpha value is -2.58. The average Bonchev–Trinajstić information content (AvgIpc) is 2.71. The van der Waals surface area contributed by atoms with E-state index in [-0.39, 0.29) is 10.8 Å². The van der Waals surface area contributed by atoms with Crippen LogP contribution in [-0.4, -0.2) is 45.9 Å². The Labute approximate surface area is 172 Å². The van der Waals surface area contributed by atoms with E-state index >= 15 is 0 Å². The predicted molar refractivity (Wildman–Crippen MR) is 113 cm³/mol. The molecule has 0 unspecified atom stereocenters. The molecule has 0 radical (unpaired) electrons. The number of benzene rings is 2. The third kappa shape index (κ3) is 5.95. The van der Waals surface area contributed by atoms with Crippen LogP contribution in [0.1, 0.15) is 37.0 Å². The lowest BCUT2D eigenvalue weighted by Crippen LogP contribution is -2.22. The largest absolute Gasteiger partial charge is 0.490 e. The molecule has 0 fully saturated rings. The van der Waals surface area contributed by atoms with Gasteiger partial charge in [-0.2, -0.15) is 0 Å². The second-order valence-electron chi connectivity index (χ2n) is 6.62. The molecule has 2 aromatic rings. The SMILES string of the molecule is CCCOc1ccc(NC(=O)c2ccc(S(=O)(=O)N(C)C)cc2)cc1OCCC. The van der Waals surface area contributed by atoms with Crippen LogP contribution in [0.3, 0.4) is 0 Å². The van der Waals surface area contributed by atoms with Gasteiger partial charge in [0.1, 0.15) is 0 Å². The number of nitrogens with zero attached hydrogens (tertiary/aromatic N) is 1. The molecule has 0 heterocycles. The average molecular weight is 421 g/mol. The summed E-state index contributed by atoms with van der Waals surface area (Å²) in [4.78, 5) is 12.7. The molecule has 158 valence electrons. The smallest absolute Gasteiger partial charge is 0.255 e. The van der Waals surface area contributed by atoms with Crippen molar-refractivity contribution in [2.24, 2.45) is 0 Å². The Morgan fingerprint density at radius 2 is 1.52 bits per heavy atom. The minimum absolute atomic E-state index is 0.131. The maximum atomic E-state index is 12.5. The van der Waals surface area contributed by atoms with E-state index in [1.165, 1.54) is 38.4 Å². The summed E-state index contributed by atoms with van der Waals surface area (Å²) in [5.74, 6) is 0.865. The van der Waals surface area contributed by atoms with Gasteiger partial charge in [-0.1, -0.05) is 13.8 Å². The molecule has 7 nitrogen and oxygen atoms in total. The van der Waals surface area contributed by atoms with Crippen LogP contribution in [0.15, 0.2) is 47.4 Å². The summed E-state index contributed by atoms with van der Waals surface area (Å²) >= 11 is 0. The quantitative estimate of drug-likeness (QED) is 0.632. The Balaban J connectivity index is 2.17. The number of ether oxygens (including phenoxy) is 2. The minimum atomic E-state index is -3.53. The second-order valence-corrected chi connectivity index (χ2v) is 8.78. The van der Waals surface area contributed by atoms with Crippen LogP contribution < -0.4 is 14.8 Å². The fourth-order valence-electron chi connectivity index (χ4n) is 2.43. The summed E-state index contributed by atoms with van der Waals surface area (Å²) in [6, 6.07) is 11.0. The first-order valence-electron chi connectivity index (χ1n) is 9.53. The van der Waals surface area contributed by atoms with Gasteiger partial charge in [-0.3, -0.25) is 4.79 Å². The fraction of sp³-hybridized carbons (Fsp3) is 0.381. The summed E-state index contributed by atoms with van der Waals surface area (Å²) < 4.78 is 36.8. The van der Waals surface area contributed by atoms with Crippen molar-refractivity contribution in [3.8, 4) is 11.5 Å². The Bertz CT molecular complexity index is 925. The van der Waals surface area contributed by atoms with Gasteiger partial charge in [-0.25, -0.2) is 12.7 Å². The first-order chi connectivity index (χ1) is 13.8. The zero-order chi connectivity index (χ0) is 21.4. The van der Waals surface area contributed by atoms with Crippen molar-refractivity contribution in [2.45, 2.75) is 31.6 Å². The molecule has 0 aliphatic carbocycles. The van der Waals surface area contributed by atoms with E-state index in [1.54, 1.807) is 18.2 Å². The van der Waals surface area contributed by atoms with Gasteiger partial charge in [-0.05, 0) is 49.2 Å². The summed E-state index contributed by atoms with van der Waals surface area (Å²) in [6.45, 7) is 5.16. The number of carbonyl (C=O) groups excluding carboxylic acids is 1. The van der Waals surface area contributed by atoms with Crippen molar-refractivity contribution >= 4 is 21.6 Å². The first-order valence-corrected chi connectivity index (χ1v) is 11.0. The molecule has 1 amide bonds. The van der Waals surface area contributed by atoms with Gasteiger partial charge in [0, 0.05) is 31.4 Å². The molecule has 0 saturated heterocycles. The topological polar surface area (TPSA) is 84.9 Å². The highest BCUT2D eigenvalue weighted by Gasteiger charge is 2.18. The molecule has 0 aliphatic heterocycles. The zero-order valence-electron chi connectivity index (χ0n) is 17.3. The molecule has 0 atom stereocenters. The molecule has 8 heteroatoms. The number of sulfonamides is 1. The van der Waals surface area contributed by atoms with Crippen molar-refractivity contribution in [2.75, 3.05) is 32.6 Å². The lowest BCUT2D eigenvalue weighted by molar-refractivity contribution is 0.102. The molecule has 0 aliphatic rings. The Morgan fingerprint density at radius 3 is 2.07 bits per heavy atom. The number of nitrogens with one attached hydrogen (secondary N) is 1. The molecule has 2 aromatic carbocycles. The standard InChI is InChI=1S/C21H28N2O5S/c1-5-13-27-19-12-9-17(15-20(19)28-14-6-2)22-21(24)16-7-10-18(11-8-16)29(25,26)23(3)4/h7-12,15H,5-6,13-14H2,1-4H3,(H,22,24). The van der Waals surface area contributed by atoms with Crippen LogP contribution in [0, 0.1) is 0 Å². The van der Waals surface area contributed by atoms with Gasteiger partial charge in [0.05, 0.1) is 18.1 Å². The van der Waals surface area contributed by atoms with Crippen LogP contribution in [-0.2, 0) is 10.0 Å². The third-order valence-corrected chi connectivity index (χ3v) is 5.85. The van der Waals surface area contributed by atoms with E-state index in [0.29, 0.717) is 36.0 Å². The molecule has 0 saturated carbocycles. The molecule has 0 spiro atoms. The van der Waals surface area contributed by atoms with Crippen LogP contribution >= 0.6 is 0 Å². The highest BCUT2D eigenvalue weighted by atomic mass is 32.2. The van der Waals surface area contributed by atoms with Gasteiger partial charge in [0.15, 0.2) is 11.5 Å². The van der Waals surface area contributed by atoms with Gasteiger partial charge < -0.3 is 14.8 Å². The molecule has 0 aromatic heterocycles. The van der Waals surface area contributed by atoms with E-state index in [4.69, 9.17) is 9.47 Å². The monoisotopic (exact) mass is 420 g/mol. The summed E-state index contributed by atoms with van der Waals surface area (Å²) in [5.41, 5.74) is 0.917. The number of anilines is 1. The minimum Gasteiger partial charge on any atom is -0.490 e. The van der Waals surface area contributed by atoms with Crippen molar-refractivity contribution in [1.29, 1.82) is 0 Å². The van der Waals surface area contributed by atoms with Crippen molar-refractivity contribution in [3.63, 3.8) is 0 Å². The van der Waals surface area contributed by atoms with Crippen molar-refractivity contribution in [3.05, 3.63) is 48.0 Å². The second kappa shape index (κ2) is 10.3. The van der Waals surface area contributed by atoms with Crippen LogP contribution in [0.2, 0.25) is 0 Å². The van der Waals surface area contributed by atoms with E-state index in [1.807, 2.05) is 13.8 Å². The third-order valence-electron chi connectivity index (χ3n) is 4.02. The lowest BCUT2D eigenvalue weighted by atomic mass is 10.2. The van der Waals surface area contributed by atoms with Gasteiger partial charge in [0.25, 0.3) is 5.91 Å². The summed E-state index contributed by atoms with van der Waals surface area (Å²) in [6.07, 6.45) is 1.73. The summed E-state index contributed by atoms with van der Waals surface area (Å²) in [5, 5.41) is 2.80. The van der Waals surface area contributed by atoms with E-state index in [0.717, 1.165) is 17.1 Å². The highest BCUT2D eigenvalue weighted by molar-refractivity contribution is 7.89. The molecular weight excluding hydrogens is 392 g/mol. The molecule has 0 bridgehead atoms. The Morgan fingerprint density at radius 1 is 0.931 bits per heavy atom. The molecule has 29 heavy (non-hydrogen) atoms. The molecule has 1 N–H and O–H groups in total. The predicted octanol–water partition coefficient (Wildman–Crippen LogP) is 3.77. The van der Waals surface area contributed by atoms with Crippen LogP contribution in [0.5, 0.6) is 11.5 Å². The fourth-order valence-corrected chi connectivity index (χ4v) is 3.34. The van der Waals surface area contributed by atoms with Gasteiger partial charge in [0.2, 0.25) is 10.0 Å². The molecular formula is C21H28N2O5S. The zero-order valence-corrected chi connectivity index (χ0v) is 18.1. The first kappa shape index (κ1) is 22.7. The van der Waals surface area contributed by atoms with E-state index in [9.17, 15) is 13.2 Å². The molecule has 2 rings (SSSR count). The van der Waals surface area contributed by atoms with Crippen molar-refractivity contribution < 1.29 is 22.7 Å². The van der Waals surface area contributed by atoms with Gasteiger partial charge in [-0.15, -0.1) is 0 Å². The van der Waals surface area contributed by atoms with Gasteiger partial charge >= 0.3 is 0 Å². The number of carbonyl (C=O) groups is 1. The van der Waals surface area contributed by atoms with Crippen molar-refractivity contribution in [1.82, 2.24) is 4.31 Å². The lowest BCUT2D eigenvalue weighted by Gasteiger charge is -2.14. The summed E-state index contributed by atoms with van der Waals surface area (Å²) in [7, 11) is -0.613. The maximum Gasteiger partial charge on any atom is 0.255 e. The van der Waals surface area contributed by atoms with E-state index < -0.39 is 10.0 Å². The Kier molecular flexibility index (Phi) is 8.04. The number of amides is 1. The maximum absolute atomic E-state index is 12.5. The normalized spacial score (nSPS) is 11.3. The number of hydrogen-bond acceptors (Lipinski definition) is 5. The number of hydrogen-bond donors (Lipinski definition) is 1. The highest BCUT2D eigenvalue weighted by Crippen LogP contribution is 2.31. The van der Waals surface area contributed by atoms with Crippen LogP contribution in [0.25, 0.3) is 0 Å². The van der Waals surface area contributed by atoms with Crippen LogP contribution in [0.4, 0.5) is 5.69 Å².